The summed E-state index contributed by atoms with van der Waals surface area (Å²) in [5.41, 5.74) is -1.94. The summed E-state index contributed by atoms with van der Waals surface area (Å²) in [7, 11) is 0. The first-order chi connectivity index (χ1) is 9.29. The Morgan fingerprint density at radius 2 is 2.05 bits per heavy atom. The van der Waals surface area contributed by atoms with Gasteiger partial charge in [0.25, 0.3) is 0 Å². The molecule has 0 aromatic rings. The molecular weight excluding hydrogens is 260 g/mol. The molecule has 5 atom stereocenters. The molecule has 4 N–H and O–H groups in total. The number of nitrogens with one attached hydrogen (secondary N) is 2. The lowest BCUT2D eigenvalue weighted by molar-refractivity contribution is -0.155. The molecule has 114 valence electrons. The molecule has 2 saturated carbocycles. The van der Waals surface area contributed by atoms with Crippen LogP contribution < -0.4 is 10.6 Å². The maximum absolute atomic E-state index is 11.8. The first-order valence-corrected chi connectivity index (χ1v) is 7.29. The van der Waals surface area contributed by atoms with Crippen LogP contribution in [-0.2, 0) is 4.79 Å². The average Bonchev–Trinajstić information content (AvgIpc) is 2.98. The van der Waals surface area contributed by atoms with E-state index in [1.807, 2.05) is 6.92 Å². The van der Waals surface area contributed by atoms with Crippen molar-refractivity contribution in [3.8, 4) is 0 Å². The third-order valence-electron chi connectivity index (χ3n) is 4.85. The molecule has 2 rings (SSSR count). The summed E-state index contributed by atoms with van der Waals surface area (Å²) in [5.74, 6) is 0.723. The van der Waals surface area contributed by atoms with Gasteiger partial charge in [-0.3, -0.25) is 0 Å². The van der Waals surface area contributed by atoms with Crippen LogP contribution in [0.5, 0.6) is 0 Å². The highest BCUT2D eigenvalue weighted by molar-refractivity contribution is 5.79. The van der Waals surface area contributed by atoms with Crippen LogP contribution in [0.1, 0.15) is 39.5 Å². The van der Waals surface area contributed by atoms with E-state index in [0.29, 0.717) is 5.92 Å². The molecule has 0 heterocycles. The Balaban J connectivity index is 1.76. The fraction of sp³-hybridized carbons (Fsp3) is 0.857. The van der Waals surface area contributed by atoms with Crippen LogP contribution in [0.3, 0.4) is 0 Å². The standard InChI is InChI=1S/C14H24N2O4/c1-8(11-6-9-3-4-10(11)5-9)16-13(19)15-7-14(2,20)12(17)18/h8-11,20H,3-7H2,1-2H3,(H,17,18)(H2,15,16,19). The van der Waals surface area contributed by atoms with Gasteiger partial charge in [-0.2, -0.15) is 0 Å². The largest absolute Gasteiger partial charge is 0.479 e. The fourth-order valence-corrected chi connectivity index (χ4v) is 3.60. The van der Waals surface area contributed by atoms with Gasteiger partial charge < -0.3 is 20.8 Å². The second kappa shape index (κ2) is 5.60. The van der Waals surface area contributed by atoms with Gasteiger partial charge in [0.2, 0.25) is 0 Å². The van der Waals surface area contributed by atoms with Crippen LogP contribution in [0, 0.1) is 17.8 Å². The minimum Gasteiger partial charge on any atom is -0.479 e. The van der Waals surface area contributed by atoms with Crippen molar-refractivity contribution in [3.05, 3.63) is 0 Å². The molecule has 6 heteroatoms. The monoisotopic (exact) mass is 284 g/mol. The van der Waals surface area contributed by atoms with E-state index in [1.54, 1.807) is 0 Å². The van der Waals surface area contributed by atoms with Gasteiger partial charge in [-0.1, -0.05) is 6.42 Å². The minimum absolute atomic E-state index is 0.0834. The zero-order chi connectivity index (χ0) is 14.9. The molecule has 0 radical (unpaired) electrons. The van der Waals surface area contributed by atoms with Crippen LogP contribution in [0.2, 0.25) is 0 Å². The number of urea groups is 1. The van der Waals surface area contributed by atoms with Gasteiger partial charge in [-0.15, -0.1) is 0 Å². The molecule has 5 unspecified atom stereocenters. The Kier molecular flexibility index (Phi) is 4.22. The Morgan fingerprint density at radius 3 is 2.55 bits per heavy atom. The van der Waals surface area contributed by atoms with Crippen LogP contribution >= 0.6 is 0 Å². The van der Waals surface area contributed by atoms with E-state index in [1.165, 1.54) is 25.7 Å². The smallest absolute Gasteiger partial charge is 0.337 e. The van der Waals surface area contributed by atoms with E-state index in [0.717, 1.165) is 18.8 Å². The Labute approximate surface area is 118 Å². The molecule has 0 aliphatic heterocycles. The molecule has 0 spiro atoms. The van der Waals surface area contributed by atoms with Crippen LogP contribution in [0.25, 0.3) is 0 Å². The molecule has 2 bridgehead atoms. The second-order valence-corrected chi connectivity index (χ2v) is 6.53. The van der Waals surface area contributed by atoms with Gasteiger partial charge in [-0.25, -0.2) is 9.59 Å². The quantitative estimate of drug-likeness (QED) is 0.604. The Bertz CT molecular complexity index is 397. The highest BCUT2D eigenvalue weighted by Gasteiger charge is 2.42. The van der Waals surface area contributed by atoms with Crippen molar-refractivity contribution in [2.75, 3.05) is 6.54 Å². The number of carbonyl (C=O) groups is 2. The van der Waals surface area contributed by atoms with Crippen molar-refractivity contribution in [3.63, 3.8) is 0 Å². The van der Waals surface area contributed by atoms with Crippen molar-refractivity contribution in [2.45, 2.75) is 51.2 Å². The van der Waals surface area contributed by atoms with Crippen molar-refractivity contribution in [2.24, 2.45) is 17.8 Å². The highest BCUT2D eigenvalue weighted by Crippen LogP contribution is 2.49. The van der Waals surface area contributed by atoms with E-state index in [-0.39, 0.29) is 12.6 Å². The normalized spacial score (nSPS) is 32.5. The topological polar surface area (TPSA) is 98.7 Å². The minimum atomic E-state index is -1.94. The number of rotatable bonds is 5. The van der Waals surface area contributed by atoms with Crippen molar-refractivity contribution < 1.29 is 19.8 Å². The summed E-state index contributed by atoms with van der Waals surface area (Å²) in [6.07, 6.45) is 5.04. The van der Waals surface area contributed by atoms with Gasteiger partial charge in [0.05, 0.1) is 6.54 Å². The lowest BCUT2D eigenvalue weighted by atomic mass is 9.84. The summed E-state index contributed by atoms with van der Waals surface area (Å²) in [6, 6.07) is -0.332. The second-order valence-electron chi connectivity index (χ2n) is 6.53. The molecule has 0 saturated heterocycles. The predicted octanol–water partition coefficient (Wildman–Crippen LogP) is 0.946. The van der Waals surface area contributed by atoms with E-state index >= 15 is 0 Å². The first-order valence-electron chi connectivity index (χ1n) is 7.29. The SMILES string of the molecule is CC(NC(=O)NCC(C)(O)C(=O)O)C1CC2CCC1C2. The molecule has 0 aromatic heterocycles. The lowest BCUT2D eigenvalue weighted by Gasteiger charge is -2.29. The Hall–Kier alpha value is -1.30. The van der Waals surface area contributed by atoms with Gasteiger partial charge >= 0.3 is 12.0 Å². The molecule has 0 aromatic carbocycles. The molecule has 6 nitrogen and oxygen atoms in total. The summed E-state index contributed by atoms with van der Waals surface area (Å²) in [5, 5.41) is 23.6. The third-order valence-corrected chi connectivity index (χ3v) is 4.85. The van der Waals surface area contributed by atoms with Crippen LogP contribution in [-0.4, -0.2) is 40.4 Å². The molecule has 2 fully saturated rings. The van der Waals surface area contributed by atoms with E-state index in [9.17, 15) is 14.7 Å². The summed E-state index contributed by atoms with van der Waals surface area (Å²) in [6.45, 7) is 2.85. The van der Waals surface area contributed by atoms with E-state index in [4.69, 9.17) is 5.11 Å². The van der Waals surface area contributed by atoms with Crippen molar-refractivity contribution >= 4 is 12.0 Å². The number of hydrogen-bond donors (Lipinski definition) is 4. The molecule has 2 amide bonds. The van der Waals surface area contributed by atoms with Crippen molar-refractivity contribution in [1.29, 1.82) is 0 Å². The van der Waals surface area contributed by atoms with E-state index < -0.39 is 17.6 Å². The lowest BCUT2D eigenvalue weighted by Crippen LogP contribution is -2.51. The molecule has 2 aliphatic carbocycles. The number of carboxylic acids is 1. The predicted molar refractivity (Wildman–Crippen MR) is 73.2 cm³/mol. The maximum Gasteiger partial charge on any atom is 0.337 e. The van der Waals surface area contributed by atoms with Gasteiger partial charge in [0.1, 0.15) is 0 Å². The van der Waals surface area contributed by atoms with Gasteiger partial charge in [0, 0.05) is 6.04 Å². The third kappa shape index (κ3) is 3.23. The Morgan fingerprint density at radius 1 is 1.35 bits per heavy atom. The van der Waals surface area contributed by atoms with Crippen molar-refractivity contribution in [1.82, 2.24) is 10.6 Å². The average molecular weight is 284 g/mol. The van der Waals surface area contributed by atoms with Crippen LogP contribution in [0.4, 0.5) is 4.79 Å². The van der Waals surface area contributed by atoms with Gasteiger partial charge in [0.15, 0.2) is 5.60 Å². The zero-order valence-electron chi connectivity index (χ0n) is 12.1. The number of aliphatic hydroxyl groups is 1. The molecule has 20 heavy (non-hydrogen) atoms. The van der Waals surface area contributed by atoms with Crippen LogP contribution in [0.15, 0.2) is 0 Å². The summed E-state index contributed by atoms with van der Waals surface area (Å²) in [4.78, 5) is 22.5. The van der Waals surface area contributed by atoms with Gasteiger partial charge in [-0.05, 0) is 50.9 Å². The highest BCUT2D eigenvalue weighted by atomic mass is 16.4. The number of amides is 2. The zero-order valence-corrected chi connectivity index (χ0v) is 12.1. The summed E-state index contributed by atoms with van der Waals surface area (Å²) >= 11 is 0. The number of aliphatic carboxylic acids is 1. The van der Waals surface area contributed by atoms with E-state index in [2.05, 4.69) is 10.6 Å². The number of carbonyl (C=O) groups excluding carboxylic acids is 1. The molecular formula is C14H24N2O4. The number of fused-ring (bicyclic) bond motifs is 2. The maximum atomic E-state index is 11.8. The number of hydrogen-bond acceptors (Lipinski definition) is 3. The first kappa shape index (κ1) is 15.1. The number of carboxylic acid groups (broad SMARTS) is 1. The molecule has 2 aliphatic rings. The fourth-order valence-electron chi connectivity index (χ4n) is 3.60. The summed E-state index contributed by atoms with van der Waals surface area (Å²) < 4.78 is 0.